The largest absolute Gasteiger partial charge is 0.460 e. The van der Waals surface area contributed by atoms with Gasteiger partial charge in [0.05, 0.1) is 6.54 Å². The van der Waals surface area contributed by atoms with Crippen LogP contribution in [0, 0.1) is 0 Å². The molecule has 0 atom stereocenters. The monoisotopic (exact) mass is 361 g/mol. The Morgan fingerprint density at radius 3 is 2.41 bits per heavy atom. The number of rotatable bonds is 8. The predicted molar refractivity (Wildman–Crippen MR) is 97.3 cm³/mol. The van der Waals surface area contributed by atoms with E-state index in [0.29, 0.717) is 10.0 Å². The maximum Gasteiger partial charge on any atom is 0.134 e. The molecule has 0 radical (unpaired) electrons. The van der Waals surface area contributed by atoms with Crippen LogP contribution >= 0.6 is 35.6 Å². The third-order valence-electron chi connectivity index (χ3n) is 3.32. The molecule has 0 fully saturated rings. The fourth-order valence-corrected chi connectivity index (χ4v) is 2.74. The summed E-state index contributed by atoms with van der Waals surface area (Å²) in [5, 5.41) is 4.63. The van der Waals surface area contributed by atoms with E-state index in [1.807, 2.05) is 24.3 Å². The summed E-state index contributed by atoms with van der Waals surface area (Å²) in [5.74, 6) is 1.72. The highest BCUT2D eigenvalue weighted by Crippen LogP contribution is 2.28. The Balaban J connectivity index is 0.00000242. The molecule has 1 aromatic carbocycles. The third-order valence-corrected chi connectivity index (χ3v) is 3.75. The maximum atomic E-state index is 6.01. The number of furan rings is 1. The number of hydrogen-bond acceptors (Lipinski definition) is 2. The van der Waals surface area contributed by atoms with Crippen molar-refractivity contribution in [1.29, 1.82) is 0 Å². The van der Waals surface area contributed by atoms with Crippen molar-refractivity contribution < 1.29 is 4.42 Å². The second-order valence-corrected chi connectivity index (χ2v) is 6.03. The summed E-state index contributed by atoms with van der Waals surface area (Å²) in [7, 11) is 0. The highest BCUT2D eigenvalue weighted by atomic mass is 35.5. The molecule has 1 heterocycles. The van der Waals surface area contributed by atoms with Crippen molar-refractivity contribution in [3.05, 3.63) is 46.1 Å². The summed E-state index contributed by atoms with van der Waals surface area (Å²) in [4.78, 5) is 0. The number of benzene rings is 1. The van der Waals surface area contributed by atoms with Gasteiger partial charge in [0.2, 0.25) is 0 Å². The molecule has 0 spiro atoms. The number of nitrogens with one attached hydrogen (secondary N) is 1. The standard InChI is InChI=1S/C17H21Cl2NO.ClH/c1-2-3-4-5-8-20-12-16-6-7-17(21-16)13-9-14(18)11-15(19)10-13;/h6-7,9-11,20H,2-5,8,12H2,1H3;1H. The smallest absolute Gasteiger partial charge is 0.134 e. The molecule has 0 saturated carbocycles. The summed E-state index contributed by atoms with van der Waals surface area (Å²) in [5.41, 5.74) is 0.904. The summed E-state index contributed by atoms with van der Waals surface area (Å²) < 4.78 is 5.83. The summed E-state index contributed by atoms with van der Waals surface area (Å²) in [6.07, 6.45) is 5.07. The quantitative estimate of drug-likeness (QED) is 0.554. The molecule has 1 aromatic heterocycles. The molecule has 5 heteroatoms. The molecule has 2 nitrogen and oxygen atoms in total. The maximum absolute atomic E-state index is 6.01. The van der Waals surface area contributed by atoms with Crippen LogP contribution in [0.3, 0.4) is 0 Å². The first kappa shape index (κ1) is 19.4. The van der Waals surface area contributed by atoms with Crippen molar-refractivity contribution in [3.8, 4) is 11.3 Å². The minimum Gasteiger partial charge on any atom is -0.460 e. The number of hydrogen-bond donors (Lipinski definition) is 1. The van der Waals surface area contributed by atoms with Crippen LogP contribution in [-0.2, 0) is 6.54 Å². The molecule has 2 rings (SSSR count). The highest BCUT2D eigenvalue weighted by Gasteiger charge is 2.06. The van der Waals surface area contributed by atoms with Crippen molar-refractivity contribution in [1.82, 2.24) is 5.32 Å². The second kappa shape index (κ2) is 10.2. The lowest BCUT2D eigenvalue weighted by Gasteiger charge is -2.03. The van der Waals surface area contributed by atoms with Gasteiger partial charge in [0.1, 0.15) is 11.5 Å². The van der Waals surface area contributed by atoms with Gasteiger partial charge in [-0.05, 0) is 43.3 Å². The molecule has 0 amide bonds. The van der Waals surface area contributed by atoms with Gasteiger partial charge in [0.15, 0.2) is 0 Å². The second-order valence-electron chi connectivity index (χ2n) is 5.16. The molecule has 0 unspecified atom stereocenters. The van der Waals surface area contributed by atoms with Crippen LogP contribution in [0.2, 0.25) is 10.0 Å². The number of halogens is 3. The summed E-state index contributed by atoms with van der Waals surface area (Å²) >= 11 is 12.0. The van der Waals surface area contributed by atoms with Crippen molar-refractivity contribution in [3.63, 3.8) is 0 Å². The zero-order chi connectivity index (χ0) is 15.1. The highest BCUT2D eigenvalue weighted by molar-refractivity contribution is 6.35. The lowest BCUT2D eigenvalue weighted by atomic mass is 10.2. The van der Waals surface area contributed by atoms with Gasteiger partial charge in [0, 0.05) is 15.6 Å². The minimum atomic E-state index is 0. The van der Waals surface area contributed by atoms with Crippen LogP contribution in [0.4, 0.5) is 0 Å². The molecular formula is C17H22Cl3NO. The van der Waals surface area contributed by atoms with E-state index in [0.717, 1.165) is 30.2 Å². The fraction of sp³-hybridized carbons (Fsp3) is 0.412. The molecule has 0 bridgehead atoms. The van der Waals surface area contributed by atoms with Crippen molar-refractivity contribution in [2.45, 2.75) is 39.2 Å². The van der Waals surface area contributed by atoms with Crippen LogP contribution in [0.1, 0.15) is 38.4 Å². The van der Waals surface area contributed by atoms with Crippen molar-refractivity contribution >= 4 is 35.6 Å². The van der Waals surface area contributed by atoms with Crippen LogP contribution in [-0.4, -0.2) is 6.54 Å². The minimum absolute atomic E-state index is 0. The average molecular weight is 363 g/mol. The van der Waals surface area contributed by atoms with Crippen LogP contribution in [0.15, 0.2) is 34.7 Å². The zero-order valence-electron chi connectivity index (χ0n) is 12.7. The normalized spacial score (nSPS) is 10.5. The predicted octanol–water partition coefficient (Wildman–Crippen LogP) is 6.35. The van der Waals surface area contributed by atoms with E-state index < -0.39 is 0 Å². The lowest BCUT2D eigenvalue weighted by Crippen LogP contribution is -2.14. The summed E-state index contributed by atoms with van der Waals surface area (Å²) in [6.45, 7) is 4.00. The van der Waals surface area contributed by atoms with E-state index >= 15 is 0 Å². The Labute approximate surface area is 148 Å². The first-order valence-electron chi connectivity index (χ1n) is 7.45. The lowest BCUT2D eigenvalue weighted by molar-refractivity contribution is 0.487. The Hall–Kier alpha value is -0.670. The topological polar surface area (TPSA) is 25.2 Å². The zero-order valence-corrected chi connectivity index (χ0v) is 15.0. The first-order chi connectivity index (χ1) is 10.2. The molecule has 0 aliphatic heterocycles. The van der Waals surface area contributed by atoms with Crippen molar-refractivity contribution in [2.24, 2.45) is 0 Å². The van der Waals surface area contributed by atoms with E-state index in [9.17, 15) is 0 Å². The van der Waals surface area contributed by atoms with Crippen LogP contribution in [0.25, 0.3) is 11.3 Å². The molecule has 122 valence electrons. The van der Waals surface area contributed by atoms with Gasteiger partial charge in [-0.2, -0.15) is 0 Å². The molecule has 1 N–H and O–H groups in total. The van der Waals surface area contributed by atoms with E-state index in [4.69, 9.17) is 27.6 Å². The molecular weight excluding hydrogens is 341 g/mol. The Kier molecular flexibility index (Phi) is 8.96. The molecule has 22 heavy (non-hydrogen) atoms. The van der Waals surface area contributed by atoms with Gasteiger partial charge in [-0.1, -0.05) is 49.4 Å². The molecule has 0 saturated heterocycles. The average Bonchev–Trinajstić information content (AvgIpc) is 2.90. The number of unbranched alkanes of at least 4 members (excludes halogenated alkanes) is 3. The van der Waals surface area contributed by atoms with Gasteiger partial charge in [0.25, 0.3) is 0 Å². The first-order valence-corrected chi connectivity index (χ1v) is 8.20. The van der Waals surface area contributed by atoms with Gasteiger partial charge in [-0.25, -0.2) is 0 Å². The molecule has 0 aliphatic carbocycles. The van der Waals surface area contributed by atoms with E-state index in [-0.39, 0.29) is 12.4 Å². The van der Waals surface area contributed by atoms with Gasteiger partial charge in [-0.15, -0.1) is 12.4 Å². The fourth-order valence-electron chi connectivity index (χ4n) is 2.21. The van der Waals surface area contributed by atoms with Crippen LogP contribution in [0.5, 0.6) is 0 Å². The molecule has 0 aliphatic rings. The Morgan fingerprint density at radius 2 is 1.73 bits per heavy atom. The van der Waals surface area contributed by atoms with Gasteiger partial charge < -0.3 is 9.73 Å². The Bertz CT molecular complexity index is 549. The van der Waals surface area contributed by atoms with E-state index in [2.05, 4.69) is 12.2 Å². The molecule has 2 aromatic rings. The van der Waals surface area contributed by atoms with Gasteiger partial charge in [-0.3, -0.25) is 0 Å². The van der Waals surface area contributed by atoms with Crippen molar-refractivity contribution in [2.75, 3.05) is 6.54 Å². The summed E-state index contributed by atoms with van der Waals surface area (Å²) in [6, 6.07) is 9.37. The third kappa shape index (κ3) is 6.21. The van der Waals surface area contributed by atoms with Gasteiger partial charge >= 0.3 is 0 Å². The van der Waals surface area contributed by atoms with E-state index in [1.54, 1.807) is 6.07 Å². The van der Waals surface area contributed by atoms with Crippen LogP contribution < -0.4 is 5.32 Å². The SMILES string of the molecule is CCCCCCNCc1ccc(-c2cc(Cl)cc(Cl)c2)o1.Cl. The van der Waals surface area contributed by atoms with E-state index in [1.165, 1.54) is 25.7 Å². The Morgan fingerprint density at radius 1 is 1.00 bits per heavy atom.